The van der Waals surface area contributed by atoms with Crippen LogP contribution >= 0.6 is 15.9 Å². The third-order valence-electron chi connectivity index (χ3n) is 3.31. The van der Waals surface area contributed by atoms with E-state index in [0.29, 0.717) is 6.42 Å². The molecule has 0 aliphatic rings. The number of halogens is 1. The van der Waals surface area contributed by atoms with Gasteiger partial charge in [0.15, 0.2) is 0 Å². The van der Waals surface area contributed by atoms with Crippen LogP contribution in [0.3, 0.4) is 0 Å². The number of anilines is 1. The first-order chi connectivity index (χ1) is 8.92. The zero-order valence-electron chi connectivity index (χ0n) is 11.0. The molecular formula is C15H17BrN2O. The van der Waals surface area contributed by atoms with E-state index >= 15 is 0 Å². The van der Waals surface area contributed by atoms with Crippen LogP contribution in [0.1, 0.15) is 20.3 Å². The van der Waals surface area contributed by atoms with E-state index in [1.54, 1.807) is 6.92 Å². The number of carbonyl (C=O) groups is 1. The van der Waals surface area contributed by atoms with E-state index in [0.717, 1.165) is 20.9 Å². The lowest BCUT2D eigenvalue weighted by molar-refractivity contribution is -0.120. The highest BCUT2D eigenvalue weighted by molar-refractivity contribution is 9.10. The first kappa shape index (κ1) is 14.0. The molecule has 0 heterocycles. The Balaban J connectivity index is 2.27. The van der Waals surface area contributed by atoms with Crippen molar-refractivity contribution in [2.75, 3.05) is 5.32 Å². The Hall–Kier alpha value is -1.39. The predicted octanol–water partition coefficient (Wildman–Crippen LogP) is 3.67. The summed E-state index contributed by atoms with van der Waals surface area (Å²) in [4.78, 5) is 12.0. The maximum Gasteiger partial charge on any atom is 0.244 e. The molecule has 0 saturated heterocycles. The number of hydrogen-bond acceptors (Lipinski definition) is 2. The summed E-state index contributed by atoms with van der Waals surface area (Å²) >= 11 is 3.44. The van der Waals surface area contributed by atoms with Crippen LogP contribution in [-0.4, -0.2) is 11.4 Å². The summed E-state index contributed by atoms with van der Waals surface area (Å²) < 4.78 is 1.04. The normalized spacial score (nSPS) is 14.1. The molecule has 1 amide bonds. The maximum absolute atomic E-state index is 12.0. The molecule has 0 spiro atoms. The Labute approximate surface area is 121 Å². The van der Waals surface area contributed by atoms with Crippen molar-refractivity contribution >= 4 is 38.3 Å². The molecule has 4 heteroatoms. The van der Waals surface area contributed by atoms with Crippen LogP contribution in [-0.2, 0) is 4.79 Å². The Morgan fingerprint density at radius 2 is 1.89 bits per heavy atom. The van der Waals surface area contributed by atoms with Gasteiger partial charge in [0.2, 0.25) is 5.91 Å². The quantitative estimate of drug-likeness (QED) is 0.906. The fourth-order valence-corrected chi connectivity index (χ4v) is 2.11. The molecule has 2 aromatic rings. The molecule has 0 saturated carbocycles. The number of amides is 1. The third kappa shape index (κ3) is 3.14. The molecule has 2 rings (SSSR count). The van der Waals surface area contributed by atoms with Gasteiger partial charge in [-0.3, -0.25) is 4.79 Å². The van der Waals surface area contributed by atoms with Gasteiger partial charge in [-0.05, 0) is 48.4 Å². The average Bonchev–Trinajstić information content (AvgIpc) is 2.38. The van der Waals surface area contributed by atoms with Gasteiger partial charge >= 0.3 is 0 Å². The van der Waals surface area contributed by atoms with Gasteiger partial charge < -0.3 is 11.1 Å². The van der Waals surface area contributed by atoms with E-state index in [4.69, 9.17) is 5.73 Å². The Morgan fingerprint density at radius 1 is 1.26 bits per heavy atom. The number of hydrogen-bond donors (Lipinski definition) is 2. The zero-order valence-corrected chi connectivity index (χ0v) is 12.6. The standard InChI is InChI=1S/C15H17BrN2O/c1-3-15(2,17)14(19)18-13-7-5-10-8-12(16)6-4-11(10)9-13/h4-9H,3,17H2,1-2H3,(H,18,19). The number of fused-ring (bicyclic) bond motifs is 1. The molecule has 0 aromatic heterocycles. The van der Waals surface area contributed by atoms with E-state index in [1.165, 1.54) is 0 Å². The lowest BCUT2D eigenvalue weighted by atomic mass is 9.99. The summed E-state index contributed by atoms with van der Waals surface area (Å²) in [5.74, 6) is -0.161. The van der Waals surface area contributed by atoms with Gasteiger partial charge in [0.05, 0.1) is 5.54 Å². The summed E-state index contributed by atoms with van der Waals surface area (Å²) in [6.07, 6.45) is 0.597. The first-order valence-electron chi connectivity index (χ1n) is 6.22. The predicted molar refractivity (Wildman–Crippen MR) is 83.2 cm³/mol. The van der Waals surface area contributed by atoms with E-state index in [2.05, 4.69) is 21.2 Å². The molecule has 3 N–H and O–H groups in total. The number of nitrogens with one attached hydrogen (secondary N) is 1. The fraction of sp³-hybridized carbons (Fsp3) is 0.267. The van der Waals surface area contributed by atoms with Crippen LogP contribution in [0.5, 0.6) is 0 Å². The van der Waals surface area contributed by atoms with Crippen molar-refractivity contribution in [1.82, 2.24) is 0 Å². The summed E-state index contributed by atoms with van der Waals surface area (Å²) in [7, 11) is 0. The van der Waals surface area contributed by atoms with Crippen molar-refractivity contribution in [2.45, 2.75) is 25.8 Å². The SMILES string of the molecule is CCC(C)(N)C(=O)Nc1ccc2cc(Br)ccc2c1. The second kappa shape index (κ2) is 5.31. The highest BCUT2D eigenvalue weighted by Crippen LogP contribution is 2.23. The minimum atomic E-state index is -0.839. The second-order valence-electron chi connectivity index (χ2n) is 4.93. The van der Waals surface area contributed by atoms with E-state index in [-0.39, 0.29) is 5.91 Å². The van der Waals surface area contributed by atoms with E-state index in [1.807, 2.05) is 43.3 Å². The zero-order chi connectivity index (χ0) is 14.0. The maximum atomic E-state index is 12.0. The highest BCUT2D eigenvalue weighted by atomic mass is 79.9. The van der Waals surface area contributed by atoms with Crippen LogP contribution < -0.4 is 11.1 Å². The fourth-order valence-electron chi connectivity index (χ4n) is 1.73. The lowest BCUT2D eigenvalue weighted by Crippen LogP contribution is -2.47. The van der Waals surface area contributed by atoms with Gasteiger partial charge in [0, 0.05) is 10.2 Å². The number of carbonyl (C=O) groups excluding carboxylic acids is 1. The van der Waals surface area contributed by atoms with Gasteiger partial charge in [-0.25, -0.2) is 0 Å². The van der Waals surface area contributed by atoms with Gasteiger partial charge in [0.1, 0.15) is 0 Å². The lowest BCUT2D eigenvalue weighted by Gasteiger charge is -2.21. The second-order valence-corrected chi connectivity index (χ2v) is 5.85. The van der Waals surface area contributed by atoms with Crippen LogP contribution in [0.4, 0.5) is 5.69 Å². The monoisotopic (exact) mass is 320 g/mol. The van der Waals surface area contributed by atoms with Gasteiger partial charge in [-0.1, -0.05) is 35.0 Å². The topological polar surface area (TPSA) is 55.1 Å². The molecule has 0 bridgehead atoms. The Bertz CT molecular complexity index is 623. The number of benzene rings is 2. The molecule has 19 heavy (non-hydrogen) atoms. The molecule has 100 valence electrons. The van der Waals surface area contributed by atoms with Gasteiger partial charge in [0.25, 0.3) is 0 Å². The number of nitrogens with two attached hydrogens (primary N) is 1. The first-order valence-corrected chi connectivity index (χ1v) is 7.01. The van der Waals surface area contributed by atoms with Crippen molar-refractivity contribution in [3.63, 3.8) is 0 Å². The Morgan fingerprint density at radius 3 is 2.58 bits per heavy atom. The molecule has 0 aliphatic heterocycles. The highest BCUT2D eigenvalue weighted by Gasteiger charge is 2.25. The minimum absolute atomic E-state index is 0.161. The molecule has 3 nitrogen and oxygen atoms in total. The molecule has 0 fully saturated rings. The van der Waals surface area contributed by atoms with Crippen molar-refractivity contribution in [1.29, 1.82) is 0 Å². The summed E-state index contributed by atoms with van der Waals surface area (Å²) in [5, 5.41) is 5.07. The van der Waals surface area contributed by atoms with Crippen molar-refractivity contribution in [3.8, 4) is 0 Å². The van der Waals surface area contributed by atoms with Gasteiger partial charge in [-0.15, -0.1) is 0 Å². The molecular weight excluding hydrogens is 304 g/mol. The summed E-state index contributed by atoms with van der Waals surface area (Å²) in [5.41, 5.74) is 5.85. The van der Waals surface area contributed by atoms with Crippen LogP contribution in [0, 0.1) is 0 Å². The summed E-state index contributed by atoms with van der Waals surface area (Å²) in [6, 6.07) is 11.9. The third-order valence-corrected chi connectivity index (χ3v) is 3.81. The molecule has 0 radical (unpaired) electrons. The van der Waals surface area contributed by atoms with E-state index in [9.17, 15) is 4.79 Å². The molecule has 1 atom stereocenters. The summed E-state index contributed by atoms with van der Waals surface area (Å²) in [6.45, 7) is 3.64. The smallest absolute Gasteiger partial charge is 0.244 e. The van der Waals surface area contributed by atoms with Gasteiger partial charge in [-0.2, -0.15) is 0 Å². The largest absolute Gasteiger partial charge is 0.324 e. The molecule has 1 unspecified atom stereocenters. The van der Waals surface area contributed by atoms with Crippen LogP contribution in [0.2, 0.25) is 0 Å². The molecule has 0 aliphatic carbocycles. The van der Waals surface area contributed by atoms with Crippen molar-refractivity contribution in [2.24, 2.45) is 5.73 Å². The van der Waals surface area contributed by atoms with Crippen LogP contribution in [0.25, 0.3) is 10.8 Å². The van der Waals surface area contributed by atoms with E-state index < -0.39 is 5.54 Å². The average molecular weight is 321 g/mol. The molecule has 2 aromatic carbocycles. The minimum Gasteiger partial charge on any atom is -0.324 e. The van der Waals surface area contributed by atoms with Crippen molar-refractivity contribution in [3.05, 3.63) is 40.9 Å². The number of rotatable bonds is 3. The Kier molecular flexibility index (Phi) is 3.92. The van der Waals surface area contributed by atoms with Crippen LogP contribution in [0.15, 0.2) is 40.9 Å². The van der Waals surface area contributed by atoms with Crippen molar-refractivity contribution < 1.29 is 4.79 Å².